The van der Waals surface area contributed by atoms with Crippen LogP contribution in [-0.2, 0) is 7.05 Å². The zero-order chi connectivity index (χ0) is 20.8. The van der Waals surface area contributed by atoms with E-state index in [-0.39, 0.29) is 18.0 Å². The van der Waals surface area contributed by atoms with E-state index in [1.54, 1.807) is 0 Å². The molecule has 1 unspecified atom stereocenters. The lowest BCUT2D eigenvalue weighted by Gasteiger charge is -2.30. The van der Waals surface area contributed by atoms with Gasteiger partial charge >= 0.3 is 0 Å². The maximum Gasteiger partial charge on any atom is 0.254 e. The van der Waals surface area contributed by atoms with Crippen molar-refractivity contribution in [3.05, 3.63) is 53.3 Å². The number of imidazole rings is 1. The van der Waals surface area contributed by atoms with Gasteiger partial charge in [0, 0.05) is 25.1 Å². The summed E-state index contributed by atoms with van der Waals surface area (Å²) in [4.78, 5) is 20.2. The van der Waals surface area contributed by atoms with E-state index in [9.17, 15) is 4.79 Å². The van der Waals surface area contributed by atoms with Gasteiger partial charge < -0.3 is 18.9 Å². The Morgan fingerprint density at radius 1 is 1.13 bits per heavy atom. The van der Waals surface area contributed by atoms with E-state index < -0.39 is 0 Å². The quantitative estimate of drug-likeness (QED) is 0.645. The fourth-order valence-corrected chi connectivity index (χ4v) is 4.21. The Hall–Kier alpha value is -3.02. The fourth-order valence-electron chi connectivity index (χ4n) is 4.21. The monoisotopic (exact) mass is 405 g/mol. The molecule has 1 aliphatic heterocycles. The number of fused-ring (bicyclic) bond motifs is 2. The Morgan fingerprint density at radius 3 is 2.67 bits per heavy atom. The van der Waals surface area contributed by atoms with Crippen LogP contribution in [0.5, 0.6) is 11.5 Å². The number of amides is 1. The zero-order valence-corrected chi connectivity index (χ0v) is 17.7. The average molecular weight is 405 g/mol. The molecule has 1 fully saturated rings. The second-order valence-electron chi connectivity index (χ2n) is 8.30. The maximum atomic E-state index is 13.6. The third kappa shape index (κ3) is 3.30. The highest BCUT2D eigenvalue weighted by molar-refractivity contribution is 5.98. The number of benzene rings is 2. The van der Waals surface area contributed by atoms with E-state index >= 15 is 0 Å². The van der Waals surface area contributed by atoms with Crippen LogP contribution in [-0.4, -0.2) is 39.6 Å². The fraction of sp³-hybridized carbons (Fsp3) is 0.417. The molecule has 1 saturated carbocycles. The van der Waals surface area contributed by atoms with Crippen LogP contribution in [0.15, 0.2) is 36.4 Å². The number of carbonyl (C=O) groups excluding carboxylic acids is 1. The topological polar surface area (TPSA) is 56.6 Å². The van der Waals surface area contributed by atoms with E-state index in [2.05, 4.69) is 11.9 Å². The first-order chi connectivity index (χ1) is 14.5. The molecule has 30 heavy (non-hydrogen) atoms. The van der Waals surface area contributed by atoms with Gasteiger partial charge in [-0.25, -0.2) is 4.98 Å². The number of rotatable bonds is 4. The molecule has 3 aromatic rings. The Labute approximate surface area is 176 Å². The molecule has 5 rings (SSSR count). The first-order valence-corrected chi connectivity index (χ1v) is 10.7. The minimum atomic E-state index is -0.0525. The number of hydrogen-bond donors (Lipinski definition) is 0. The van der Waals surface area contributed by atoms with E-state index in [0.29, 0.717) is 18.8 Å². The lowest BCUT2D eigenvalue weighted by atomic mass is 10.0. The molecule has 2 aromatic carbocycles. The van der Waals surface area contributed by atoms with Gasteiger partial charge in [0.05, 0.1) is 30.3 Å². The zero-order valence-electron chi connectivity index (χ0n) is 17.7. The van der Waals surface area contributed by atoms with Gasteiger partial charge in [0.25, 0.3) is 5.91 Å². The van der Waals surface area contributed by atoms with Crippen LogP contribution in [0, 0.1) is 6.92 Å². The largest absolute Gasteiger partial charge is 0.490 e. The minimum Gasteiger partial charge on any atom is -0.490 e. The lowest BCUT2D eigenvalue weighted by molar-refractivity contribution is 0.0674. The number of aryl methyl sites for hydroxylation is 2. The summed E-state index contributed by atoms with van der Waals surface area (Å²) in [6.07, 6.45) is 2.97. The molecule has 2 heterocycles. The second kappa shape index (κ2) is 7.35. The van der Waals surface area contributed by atoms with E-state index in [4.69, 9.17) is 9.47 Å². The lowest BCUT2D eigenvalue weighted by Crippen LogP contribution is -2.35. The molecule has 0 N–H and O–H groups in total. The Kier molecular flexibility index (Phi) is 4.65. The van der Waals surface area contributed by atoms with Crippen molar-refractivity contribution < 1.29 is 14.3 Å². The average Bonchev–Trinajstić information content (AvgIpc) is 3.56. The Morgan fingerprint density at radius 2 is 1.90 bits per heavy atom. The molecule has 0 radical (unpaired) electrons. The van der Waals surface area contributed by atoms with Crippen molar-refractivity contribution in [3.63, 3.8) is 0 Å². The first kappa shape index (κ1) is 19.0. The van der Waals surface area contributed by atoms with Gasteiger partial charge in [-0.3, -0.25) is 4.79 Å². The van der Waals surface area contributed by atoms with Crippen molar-refractivity contribution in [2.24, 2.45) is 7.05 Å². The third-order valence-electron chi connectivity index (χ3n) is 6.20. The van der Waals surface area contributed by atoms with Crippen LogP contribution in [0.25, 0.3) is 11.0 Å². The van der Waals surface area contributed by atoms with Crippen molar-refractivity contribution in [2.75, 3.05) is 13.2 Å². The van der Waals surface area contributed by atoms with E-state index in [0.717, 1.165) is 53.2 Å². The van der Waals surface area contributed by atoms with Crippen molar-refractivity contribution in [3.8, 4) is 11.5 Å². The van der Waals surface area contributed by atoms with E-state index in [1.165, 1.54) is 0 Å². The summed E-state index contributed by atoms with van der Waals surface area (Å²) in [5.41, 5.74) is 3.65. The third-order valence-corrected chi connectivity index (χ3v) is 6.20. The SMILES string of the molecule is Cc1nc2cc(C(=O)N(C3CC3)C(C)c3ccc4c(c3)OCCCO4)ccc2n1C. The summed E-state index contributed by atoms with van der Waals surface area (Å²) in [5, 5.41) is 0. The normalized spacial score (nSPS) is 16.9. The molecular weight excluding hydrogens is 378 g/mol. The second-order valence-corrected chi connectivity index (χ2v) is 8.30. The maximum absolute atomic E-state index is 13.6. The Balaban J connectivity index is 1.46. The molecule has 1 amide bonds. The van der Waals surface area contributed by atoms with Crippen molar-refractivity contribution in [1.29, 1.82) is 0 Å². The summed E-state index contributed by atoms with van der Waals surface area (Å²) in [7, 11) is 1.99. The van der Waals surface area contributed by atoms with Crippen LogP contribution in [0.1, 0.15) is 54.0 Å². The number of hydrogen-bond acceptors (Lipinski definition) is 4. The van der Waals surface area contributed by atoms with Crippen molar-refractivity contribution in [2.45, 2.75) is 45.2 Å². The molecule has 6 nitrogen and oxygen atoms in total. The van der Waals surface area contributed by atoms with Gasteiger partial charge in [-0.15, -0.1) is 0 Å². The summed E-state index contributed by atoms with van der Waals surface area (Å²) >= 11 is 0. The van der Waals surface area contributed by atoms with Gasteiger partial charge in [-0.05, 0) is 62.6 Å². The van der Waals surface area contributed by atoms with Gasteiger partial charge in [0.15, 0.2) is 11.5 Å². The van der Waals surface area contributed by atoms with Gasteiger partial charge in [-0.1, -0.05) is 6.07 Å². The molecule has 1 aliphatic carbocycles. The van der Waals surface area contributed by atoms with Crippen LogP contribution in [0.4, 0.5) is 0 Å². The van der Waals surface area contributed by atoms with Crippen LogP contribution < -0.4 is 9.47 Å². The summed E-state index contributed by atoms with van der Waals surface area (Å²) in [5.74, 6) is 2.55. The van der Waals surface area contributed by atoms with Gasteiger partial charge in [0.2, 0.25) is 0 Å². The molecule has 1 atom stereocenters. The smallest absolute Gasteiger partial charge is 0.254 e. The summed E-state index contributed by atoms with van der Waals surface area (Å²) in [6.45, 7) is 5.40. The van der Waals surface area contributed by atoms with Crippen molar-refractivity contribution in [1.82, 2.24) is 14.5 Å². The Bertz CT molecular complexity index is 1120. The number of nitrogens with zero attached hydrogens (tertiary/aromatic N) is 3. The standard InChI is InChI=1S/C24H27N3O3/c1-15(17-6-10-22-23(14-17)30-12-4-11-29-22)27(19-7-8-19)24(28)18-5-9-21-20(13-18)25-16(2)26(21)3/h5-6,9-10,13-15,19H,4,7-8,11-12H2,1-3H3. The molecule has 0 bridgehead atoms. The summed E-state index contributed by atoms with van der Waals surface area (Å²) in [6, 6.07) is 12.1. The van der Waals surface area contributed by atoms with Crippen LogP contribution in [0.3, 0.4) is 0 Å². The number of aromatic nitrogens is 2. The predicted octanol–water partition coefficient (Wildman–Crippen LogP) is 4.41. The highest BCUT2D eigenvalue weighted by Gasteiger charge is 2.37. The molecule has 2 aliphatic rings. The first-order valence-electron chi connectivity index (χ1n) is 10.7. The molecule has 1 aromatic heterocycles. The highest BCUT2D eigenvalue weighted by Crippen LogP contribution is 2.39. The number of ether oxygens (including phenoxy) is 2. The van der Waals surface area contributed by atoms with Crippen molar-refractivity contribution >= 4 is 16.9 Å². The van der Waals surface area contributed by atoms with Crippen LogP contribution in [0.2, 0.25) is 0 Å². The molecule has 0 spiro atoms. The predicted molar refractivity (Wildman–Crippen MR) is 115 cm³/mol. The molecular formula is C24H27N3O3. The number of carbonyl (C=O) groups is 1. The van der Waals surface area contributed by atoms with Gasteiger partial charge in [0.1, 0.15) is 5.82 Å². The van der Waals surface area contributed by atoms with Gasteiger partial charge in [-0.2, -0.15) is 0 Å². The molecule has 6 heteroatoms. The van der Waals surface area contributed by atoms with E-state index in [1.807, 2.05) is 59.8 Å². The minimum absolute atomic E-state index is 0.0525. The van der Waals surface area contributed by atoms with Crippen LogP contribution >= 0.6 is 0 Å². The molecule has 0 saturated heterocycles. The molecule has 156 valence electrons. The highest BCUT2D eigenvalue weighted by atomic mass is 16.5. The summed E-state index contributed by atoms with van der Waals surface area (Å²) < 4.78 is 13.7.